The number of rotatable bonds is 2. The van der Waals surface area contributed by atoms with Crippen molar-refractivity contribution in [2.45, 2.75) is 6.10 Å². The van der Waals surface area contributed by atoms with Crippen molar-refractivity contribution >= 4 is 27.5 Å². The number of benzene rings is 1. The lowest BCUT2D eigenvalue weighted by Crippen LogP contribution is -2.45. The average Bonchev–Trinajstić information content (AvgIpc) is 2.36. The topological polar surface area (TPSA) is 70.6 Å². The van der Waals surface area contributed by atoms with Gasteiger partial charge in [-0.2, -0.15) is 0 Å². The van der Waals surface area contributed by atoms with Crippen molar-refractivity contribution in [2.75, 3.05) is 25.0 Å². The SMILES string of the molecule is O=C(Nc1cccc(Br)c1O)C1CNCCO1. The molecule has 1 heterocycles. The van der Waals surface area contributed by atoms with E-state index in [0.717, 1.165) is 6.54 Å². The molecule has 0 bridgehead atoms. The lowest BCUT2D eigenvalue weighted by Gasteiger charge is -2.22. The van der Waals surface area contributed by atoms with Gasteiger partial charge in [0.25, 0.3) is 5.91 Å². The molecule has 0 radical (unpaired) electrons. The van der Waals surface area contributed by atoms with Gasteiger partial charge in [-0.3, -0.25) is 4.79 Å². The number of carbonyl (C=O) groups is 1. The summed E-state index contributed by atoms with van der Waals surface area (Å²) in [6, 6.07) is 5.07. The Kier molecular flexibility index (Phi) is 3.98. The maximum Gasteiger partial charge on any atom is 0.254 e. The van der Waals surface area contributed by atoms with Crippen LogP contribution in [-0.4, -0.2) is 36.8 Å². The predicted octanol–water partition coefficient (Wildman–Crippen LogP) is 1.08. The molecule has 6 heteroatoms. The van der Waals surface area contributed by atoms with Gasteiger partial charge in [-0.15, -0.1) is 0 Å². The first kappa shape index (κ1) is 12.3. The summed E-state index contributed by atoms with van der Waals surface area (Å²) in [5.74, 6) is -0.241. The summed E-state index contributed by atoms with van der Waals surface area (Å²) in [6.45, 7) is 1.76. The van der Waals surface area contributed by atoms with Crippen molar-refractivity contribution in [2.24, 2.45) is 0 Å². The Hall–Kier alpha value is -1.11. The van der Waals surface area contributed by atoms with Gasteiger partial charge in [0.1, 0.15) is 6.10 Å². The summed E-state index contributed by atoms with van der Waals surface area (Å²) in [5, 5.41) is 15.4. The van der Waals surface area contributed by atoms with E-state index in [0.29, 0.717) is 23.3 Å². The number of halogens is 1. The number of para-hydroxylation sites is 1. The van der Waals surface area contributed by atoms with Crippen LogP contribution in [0.1, 0.15) is 0 Å². The number of nitrogens with one attached hydrogen (secondary N) is 2. The molecule has 0 aromatic heterocycles. The van der Waals surface area contributed by atoms with Crippen molar-refractivity contribution < 1.29 is 14.6 Å². The smallest absolute Gasteiger partial charge is 0.254 e. The minimum absolute atomic E-state index is 0.0182. The molecule has 1 fully saturated rings. The van der Waals surface area contributed by atoms with Gasteiger partial charge < -0.3 is 20.5 Å². The Morgan fingerprint density at radius 1 is 1.59 bits per heavy atom. The largest absolute Gasteiger partial charge is 0.505 e. The highest BCUT2D eigenvalue weighted by Gasteiger charge is 2.22. The van der Waals surface area contributed by atoms with Crippen LogP contribution in [0.5, 0.6) is 5.75 Å². The minimum Gasteiger partial charge on any atom is -0.505 e. The molecule has 1 aliphatic rings. The number of aromatic hydroxyl groups is 1. The summed E-state index contributed by atoms with van der Waals surface area (Å²) >= 11 is 3.19. The van der Waals surface area contributed by atoms with E-state index in [2.05, 4.69) is 26.6 Å². The molecule has 1 saturated heterocycles. The lowest BCUT2D eigenvalue weighted by atomic mass is 10.2. The molecular weight excluding hydrogens is 288 g/mol. The Balaban J connectivity index is 2.04. The van der Waals surface area contributed by atoms with Crippen molar-refractivity contribution in [1.82, 2.24) is 5.32 Å². The minimum atomic E-state index is -0.512. The number of morpholine rings is 1. The second kappa shape index (κ2) is 5.48. The van der Waals surface area contributed by atoms with E-state index in [4.69, 9.17) is 4.74 Å². The molecule has 1 aliphatic heterocycles. The molecule has 0 spiro atoms. The highest BCUT2D eigenvalue weighted by molar-refractivity contribution is 9.10. The first-order chi connectivity index (χ1) is 8.18. The fraction of sp³-hybridized carbons (Fsp3) is 0.364. The molecule has 1 atom stereocenters. The Morgan fingerprint density at radius 2 is 2.41 bits per heavy atom. The van der Waals surface area contributed by atoms with E-state index in [9.17, 15) is 9.90 Å². The van der Waals surface area contributed by atoms with Crippen LogP contribution in [0.3, 0.4) is 0 Å². The van der Waals surface area contributed by atoms with Crippen LogP contribution < -0.4 is 10.6 Å². The summed E-state index contributed by atoms with van der Waals surface area (Å²) < 4.78 is 5.85. The second-order valence-corrected chi connectivity index (χ2v) is 4.54. The first-order valence-electron chi connectivity index (χ1n) is 5.29. The van der Waals surface area contributed by atoms with Gasteiger partial charge in [0, 0.05) is 13.1 Å². The highest BCUT2D eigenvalue weighted by atomic mass is 79.9. The zero-order valence-electron chi connectivity index (χ0n) is 9.07. The zero-order chi connectivity index (χ0) is 12.3. The van der Waals surface area contributed by atoms with Gasteiger partial charge in [-0.25, -0.2) is 0 Å². The Labute approximate surface area is 107 Å². The number of hydrogen-bond donors (Lipinski definition) is 3. The molecule has 0 saturated carbocycles. The molecule has 1 amide bonds. The van der Waals surface area contributed by atoms with E-state index >= 15 is 0 Å². The van der Waals surface area contributed by atoms with Gasteiger partial charge in [0.15, 0.2) is 5.75 Å². The van der Waals surface area contributed by atoms with E-state index in [-0.39, 0.29) is 11.7 Å². The molecule has 92 valence electrons. The van der Waals surface area contributed by atoms with Crippen LogP contribution in [0.4, 0.5) is 5.69 Å². The molecule has 17 heavy (non-hydrogen) atoms. The second-order valence-electron chi connectivity index (χ2n) is 3.69. The Morgan fingerprint density at radius 3 is 3.12 bits per heavy atom. The van der Waals surface area contributed by atoms with Gasteiger partial charge in [-0.05, 0) is 28.1 Å². The number of hydrogen-bond acceptors (Lipinski definition) is 4. The van der Waals surface area contributed by atoms with Crippen LogP contribution in [0, 0.1) is 0 Å². The number of carbonyl (C=O) groups excluding carboxylic acids is 1. The standard InChI is InChI=1S/C11H13BrN2O3/c12-7-2-1-3-8(10(7)15)14-11(16)9-6-13-4-5-17-9/h1-3,9,13,15H,4-6H2,(H,14,16). The quantitative estimate of drug-likeness (QED) is 0.715. The third-order valence-corrected chi connectivity index (χ3v) is 3.10. The normalized spacial score (nSPS) is 19.9. The van der Waals surface area contributed by atoms with Crippen LogP contribution in [0.15, 0.2) is 22.7 Å². The van der Waals surface area contributed by atoms with Crippen molar-refractivity contribution in [3.63, 3.8) is 0 Å². The molecule has 1 aromatic carbocycles. The fourth-order valence-corrected chi connectivity index (χ4v) is 1.93. The summed E-state index contributed by atoms with van der Waals surface area (Å²) in [6.07, 6.45) is -0.512. The molecule has 3 N–H and O–H groups in total. The van der Waals surface area contributed by atoms with Crippen molar-refractivity contribution in [3.8, 4) is 5.75 Å². The van der Waals surface area contributed by atoms with Crippen LogP contribution in [0.25, 0.3) is 0 Å². The number of phenols is 1. The monoisotopic (exact) mass is 300 g/mol. The van der Waals surface area contributed by atoms with Crippen LogP contribution >= 0.6 is 15.9 Å². The zero-order valence-corrected chi connectivity index (χ0v) is 10.7. The summed E-state index contributed by atoms with van der Waals surface area (Å²) in [4.78, 5) is 11.8. The highest BCUT2D eigenvalue weighted by Crippen LogP contribution is 2.31. The lowest BCUT2D eigenvalue weighted by molar-refractivity contribution is -0.128. The molecule has 1 unspecified atom stereocenters. The first-order valence-corrected chi connectivity index (χ1v) is 6.08. The predicted molar refractivity (Wildman–Crippen MR) is 67.0 cm³/mol. The molecule has 1 aromatic rings. The molecular formula is C11H13BrN2O3. The molecule has 5 nitrogen and oxygen atoms in total. The van der Waals surface area contributed by atoms with Gasteiger partial charge in [-0.1, -0.05) is 6.07 Å². The van der Waals surface area contributed by atoms with E-state index < -0.39 is 6.10 Å². The van der Waals surface area contributed by atoms with E-state index in [1.54, 1.807) is 18.2 Å². The van der Waals surface area contributed by atoms with Gasteiger partial charge in [0.2, 0.25) is 0 Å². The number of amides is 1. The van der Waals surface area contributed by atoms with E-state index in [1.165, 1.54) is 0 Å². The van der Waals surface area contributed by atoms with E-state index in [1.807, 2.05) is 0 Å². The molecule has 2 rings (SSSR count). The maximum atomic E-state index is 11.8. The average molecular weight is 301 g/mol. The summed E-state index contributed by atoms with van der Waals surface area (Å²) in [7, 11) is 0. The maximum absolute atomic E-state index is 11.8. The Bertz CT molecular complexity index is 419. The third kappa shape index (κ3) is 2.96. The molecule has 0 aliphatic carbocycles. The van der Waals surface area contributed by atoms with Crippen molar-refractivity contribution in [3.05, 3.63) is 22.7 Å². The fourth-order valence-electron chi connectivity index (χ4n) is 1.56. The van der Waals surface area contributed by atoms with Crippen LogP contribution in [-0.2, 0) is 9.53 Å². The third-order valence-electron chi connectivity index (χ3n) is 2.46. The van der Waals surface area contributed by atoms with Gasteiger partial charge >= 0.3 is 0 Å². The van der Waals surface area contributed by atoms with Crippen molar-refractivity contribution in [1.29, 1.82) is 0 Å². The number of phenolic OH excluding ortho intramolecular Hbond substituents is 1. The number of anilines is 1. The van der Waals surface area contributed by atoms with Gasteiger partial charge in [0.05, 0.1) is 16.8 Å². The summed E-state index contributed by atoms with van der Waals surface area (Å²) in [5.41, 5.74) is 0.374. The number of ether oxygens (including phenoxy) is 1. The van der Waals surface area contributed by atoms with Crippen LogP contribution in [0.2, 0.25) is 0 Å².